The van der Waals surface area contributed by atoms with Gasteiger partial charge in [-0.3, -0.25) is 0 Å². The van der Waals surface area contributed by atoms with Gasteiger partial charge in [0.25, 0.3) is 0 Å². The normalized spacial score (nSPS) is 13.5. The van der Waals surface area contributed by atoms with Gasteiger partial charge in [-0.25, -0.2) is 9.64 Å². The molecule has 0 heterocycles. The van der Waals surface area contributed by atoms with Gasteiger partial charge in [0.2, 0.25) is 5.69 Å². The van der Waals surface area contributed by atoms with Crippen LogP contribution >= 0.6 is 11.6 Å². The van der Waals surface area contributed by atoms with E-state index >= 15 is 0 Å². The predicted octanol–water partition coefficient (Wildman–Crippen LogP) is 2.14. The second-order valence-electron chi connectivity index (χ2n) is 3.48. The molecule has 2 atom stereocenters. The van der Waals surface area contributed by atoms with Crippen LogP contribution in [0.25, 0.3) is 4.85 Å². The van der Waals surface area contributed by atoms with E-state index in [-0.39, 0.29) is 5.02 Å². The van der Waals surface area contributed by atoms with Crippen molar-refractivity contribution in [2.45, 2.75) is 19.1 Å². The smallest absolute Gasteiger partial charge is 0.328 e. The Hall–Kier alpha value is -1.77. The van der Waals surface area contributed by atoms with E-state index in [1.165, 1.54) is 25.1 Å². The summed E-state index contributed by atoms with van der Waals surface area (Å²) in [5.41, 5.74) is 0.733. The average molecular weight is 255 g/mol. The molecule has 3 N–H and O–H groups in total. The molecule has 0 aliphatic carbocycles. The average Bonchev–Trinajstić information content (AvgIpc) is 2.25. The van der Waals surface area contributed by atoms with Crippen LogP contribution < -0.4 is 5.32 Å². The molecule has 0 aliphatic heterocycles. The second-order valence-corrected chi connectivity index (χ2v) is 3.89. The zero-order valence-corrected chi connectivity index (χ0v) is 9.77. The Morgan fingerprint density at radius 3 is 2.65 bits per heavy atom. The number of anilines is 1. The molecule has 0 radical (unpaired) electrons. The number of hydrogen-bond donors (Lipinski definition) is 3. The molecule has 0 bridgehead atoms. The van der Waals surface area contributed by atoms with Gasteiger partial charge in [0.05, 0.1) is 12.7 Å². The minimum atomic E-state index is -1.16. The van der Waals surface area contributed by atoms with E-state index in [0.29, 0.717) is 11.4 Å². The molecule has 0 unspecified atom stereocenters. The van der Waals surface area contributed by atoms with Gasteiger partial charge in [-0.05, 0) is 19.1 Å². The van der Waals surface area contributed by atoms with Crippen molar-refractivity contribution in [3.05, 3.63) is 34.6 Å². The standard InChI is InChI=1S/C11H11ClN2O3/c1-6(15)10(11(16)17)14-7-3-4-9(13-2)8(12)5-7/h3-6,10,14-15H,1H3,(H,16,17)/t6-,10+/m0/s1. The molecule has 17 heavy (non-hydrogen) atoms. The highest BCUT2D eigenvalue weighted by Crippen LogP contribution is 2.28. The number of hydrogen-bond acceptors (Lipinski definition) is 3. The molecule has 1 aromatic carbocycles. The highest BCUT2D eigenvalue weighted by Gasteiger charge is 2.22. The third-order valence-electron chi connectivity index (χ3n) is 2.14. The van der Waals surface area contributed by atoms with Crippen molar-refractivity contribution in [2.75, 3.05) is 5.32 Å². The lowest BCUT2D eigenvalue weighted by Gasteiger charge is -2.18. The summed E-state index contributed by atoms with van der Waals surface area (Å²) in [6.07, 6.45) is -1.05. The summed E-state index contributed by atoms with van der Waals surface area (Å²) in [6.45, 7) is 8.19. The Bertz CT molecular complexity index is 468. The van der Waals surface area contributed by atoms with E-state index in [0.717, 1.165) is 0 Å². The summed E-state index contributed by atoms with van der Waals surface area (Å²) >= 11 is 5.81. The van der Waals surface area contributed by atoms with E-state index in [4.69, 9.17) is 23.3 Å². The van der Waals surface area contributed by atoms with E-state index in [1.807, 2.05) is 0 Å². The van der Waals surface area contributed by atoms with Gasteiger partial charge >= 0.3 is 5.97 Å². The number of aliphatic carboxylic acids is 1. The lowest BCUT2D eigenvalue weighted by molar-refractivity contribution is -0.140. The van der Waals surface area contributed by atoms with Crippen molar-refractivity contribution in [3.63, 3.8) is 0 Å². The van der Waals surface area contributed by atoms with Crippen molar-refractivity contribution in [1.82, 2.24) is 0 Å². The number of benzene rings is 1. The van der Waals surface area contributed by atoms with Crippen molar-refractivity contribution in [3.8, 4) is 0 Å². The minimum Gasteiger partial charge on any atom is -0.480 e. The lowest BCUT2D eigenvalue weighted by atomic mass is 10.1. The molecule has 5 nitrogen and oxygen atoms in total. The summed E-state index contributed by atoms with van der Waals surface area (Å²) in [4.78, 5) is 14.0. The van der Waals surface area contributed by atoms with Crippen LogP contribution in [-0.2, 0) is 4.79 Å². The number of carbonyl (C=O) groups is 1. The van der Waals surface area contributed by atoms with Crippen LogP contribution in [0.4, 0.5) is 11.4 Å². The van der Waals surface area contributed by atoms with Crippen LogP contribution in [-0.4, -0.2) is 28.3 Å². The maximum Gasteiger partial charge on any atom is 0.328 e. The Morgan fingerprint density at radius 1 is 1.59 bits per heavy atom. The van der Waals surface area contributed by atoms with Gasteiger partial charge in [-0.2, -0.15) is 0 Å². The first kappa shape index (κ1) is 13.3. The van der Waals surface area contributed by atoms with E-state index in [1.54, 1.807) is 0 Å². The maximum atomic E-state index is 10.8. The largest absolute Gasteiger partial charge is 0.480 e. The molecule has 1 rings (SSSR count). The molecule has 1 aromatic rings. The number of aliphatic hydroxyl groups is 1. The fourth-order valence-corrected chi connectivity index (χ4v) is 1.48. The molecular weight excluding hydrogens is 244 g/mol. The van der Waals surface area contributed by atoms with Gasteiger partial charge in [0, 0.05) is 10.7 Å². The fraction of sp³-hybridized carbons (Fsp3) is 0.273. The van der Waals surface area contributed by atoms with E-state index in [2.05, 4.69) is 10.2 Å². The van der Waals surface area contributed by atoms with Crippen LogP contribution in [0.5, 0.6) is 0 Å². The number of nitrogens with one attached hydrogen (secondary N) is 1. The molecule has 0 spiro atoms. The van der Waals surface area contributed by atoms with Crippen molar-refractivity contribution in [1.29, 1.82) is 0 Å². The Labute approximate surface area is 103 Å². The number of nitrogens with zero attached hydrogens (tertiary/aromatic N) is 1. The molecule has 90 valence electrons. The zero-order valence-electron chi connectivity index (χ0n) is 9.01. The molecule has 6 heteroatoms. The second kappa shape index (κ2) is 5.53. The topological polar surface area (TPSA) is 73.9 Å². The third-order valence-corrected chi connectivity index (χ3v) is 2.44. The third kappa shape index (κ3) is 3.34. The molecule has 0 saturated carbocycles. The summed E-state index contributed by atoms with van der Waals surface area (Å²) in [5.74, 6) is -1.16. The van der Waals surface area contributed by atoms with E-state index < -0.39 is 18.1 Å². The van der Waals surface area contributed by atoms with Gasteiger partial charge in [-0.15, -0.1) is 0 Å². The first-order valence-electron chi connectivity index (χ1n) is 4.80. The molecular formula is C11H11ClN2O3. The zero-order chi connectivity index (χ0) is 13.0. The van der Waals surface area contributed by atoms with E-state index in [9.17, 15) is 9.90 Å². The Morgan fingerprint density at radius 2 is 2.24 bits per heavy atom. The Balaban J connectivity index is 2.92. The number of halogens is 1. The quantitative estimate of drug-likeness (QED) is 0.720. The van der Waals surface area contributed by atoms with Crippen LogP contribution in [0.3, 0.4) is 0 Å². The van der Waals surface area contributed by atoms with Gasteiger partial charge in [-0.1, -0.05) is 17.7 Å². The fourth-order valence-electron chi connectivity index (χ4n) is 1.26. The Kier molecular flexibility index (Phi) is 4.32. The monoisotopic (exact) mass is 254 g/mol. The highest BCUT2D eigenvalue weighted by molar-refractivity contribution is 6.33. The number of rotatable bonds is 4. The summed E-state index contributed by atoms with van der Waals surface area (Å²) < 4.78 is 0. The molecule has 0 aliphatic rings. The van der Waals surface area contributed by atoms with Gasteiger partial charge in [0.1, 0.15) is 0 Å². The van der Waals surface area contributed by atoms with Gasteiger partial charge in [0.15, 0.2) is 6.04 Å². The molecule has 0 aromatic heterocycles. The number of aliphatic hydroxyl groups excluding tert-OH is 1. The predicted molar refractivity (Wildman–Crippen MR) is 64.4 cm³/mol. The van der Waals surface area contributed by atoms with Crippen molar-refractivity contribution >= 4 is 28.9 Å². The minimum absolute atomic E-state index is 0.236. The molecule has 0 amide bonds. The number of carboxylic acids is 1. The first-order chi connectivity index (χ1) is 7.95. The summed E-state index contributed by atoms with van der Waals surface area (Å²) in [5, 5.41) is 21.0. The SMILES string of the molecule is [C-]#[N+]c1ccc(N[C@@H](C(=O)O)[C@H](C)O)cc1Cl. The number of carboxylic acid groups (broad SMARTS) is 1. The van der Waals surface area contributed by atoms with Crippen molar-refractivity contribution < 1.29 is 15.0 Å². The van der Waals surface area contributed by atoms with Crippen LogP contribution in [0.2, 0.25) is 5.02 Å². The lowest BCUT2D eigenvalue weighted by Crippen LogP contribution is -2.38. The molecule has 0 fully saturated rings. The van der Waals surface area contributed by atoms with Crippen molar-refractivity contribution in [2.24, 2.45) is 0 Å². The first-order valence-corrected chi connectivity index (χ1v) is 5.18. The maximum absolute atomic E-state index is 10.8. The van der Waals surface area contributed by atoms with Crippen LogP contribution in [0, 0.1) is 6.57 Å². The summed E-state index contributed by atoms with van der Waals surface area (Å²) in [7, 11) is 0. The van der Waals surface area contributed by atoms with Crippen LogP contribution in [0.15, 0.2) is 18.2 Å². The van der Waals surface area contributed by atoms with Gasteiger partial charge < -0.3 is 15.5 Å². The summed E-state index contributed by atoms with van der Waals surface area (Å²) in [6, 6.07) is 3.36. The van der Waals surface area contributed by atoms with Crippen LogP contribution in [0.1, 0.15) is 6.92 Å². The molecule has 0 saturated heterocycles. The highest BCUT2D eigenvalue weighted by atomic mass is 35.5.